The van der Waals surface area contributed by atoms with Gasteiger partial charge in [0.2, 0.25) is 5.88 Å². The van der Waals surface area contributed by atoms with Crippen molar-refractivity contribution in [3.05, 3.63) is 29.6 Å². The molecular weight excluding hydrogens is 252 g/mol. The van der Waals surface area contributed by atoms with Crippen molar-refractivity contribution in [1.82, 2.24) is 14.8 Å². The zero-order valence-electron chi connectivity index (χ0n) is 13.0. The Morgan fingerprint density at radius 3 is 2.45 bits per heavy atom. The summed E-state index contributed by atoms with van der Waals surface area (Å²) >= 11 is 0. The molecule has 2 aromatic rings. The van der Waals surface area contributed by atoms with Crippen LogP contribution in [-0.4, -0.2) is 20.3 Å². The molecule has 2 heterocycles. The van der Waals surface area contributed by atoms with Crippen LogP contribution >= 0.6 is 0 Å². The van der Waals surface area contributed by atoms with Gasteiger partial charge in [0, 0.05) is 18.7 Å². The molecule has 0 amide bonds. The second-order valence-electron chi connectivity index (χ2n) is 5.96. The molecule has 0 aliphatic carbocycles. The minimum atomic E-state index is -0.0360. The Bertz CT molecular complexity index is 611. The maximum atomic E-state index is 5.88. The molecule has 20 heavy (non-hydrogen) atoms. The van der Waals surface area contributed by atoms with Crippen LogP contribution in [0.5, 0.6) is 11.6 Å². The average Bonchev–Trinajstić information content (AvgIpc) is 2.54. The zero-order valence-corrected chi connectivity index (χ0v) is 13.0. The summed E-state index contributed by atoms with van der Waals surface area (Å²) in [6.45, 7) is 10.2. The number of hydrogen-bond acceptors (Lipinski definition) is 4. The van der Waals surface area contributed by atoms with E-state index in [4.69, 9.17) is 4.74 Å². The standard InChI is InChI=1S/C15H22N4O/c1-10-14(11(2)19(6)18-10)20-13-9-7-8-12(16-13)17-15(3,4)5/h7-9H,1-6H3,(H,16,17). The van der Waals surface area contributed by atoms with E-state index < -0.39 is 0 Å². The van der Waals surface area contributed by atoms with Crippen LogP contribution < -0.4 is 10.1 Å². The molecule has 0 atom stereocenters. The predicted octanol–water partition coefficient (Wildman–Crippen LogP) is 3.43. The Labute approximate surface area is 120 Å². The third-order valence-corrected chi connectivity index (χ3v) is 2.88. The lowest BCUT2D eigenvalue weighted by molar-refractivity contribution is 0.455. The topological polar surface area (TPSA) is 52.0 Å². The van der Waals surface area contributed by atoms with Gasteiger partial charge in [-0.05, 0) is 40.7 Å². The molecule has 0 bridgehead atoms. The number of aryl methyl sites for hydroxylation is 2. The quantitative estimate of drug-likeness (QED) is 0.931. The lowest BCUT2D eigenvalue weighted by Gasteiger charge is -2.21. The first-order valence-corrected chi connectivity index (χ1v) is 6.69. The van der Waals surface area contributed by atoms with Crippen LogP contribution in [-0.2, 0) is 7.05 Å². The highest BCUT2D eigenvalue weighted by Gasteiger charge is 2.14. The van der Waals surface area contributed by atoms with Gasteiger partial charge in [-0.1, -0.05) is 6.07 Å². The maximum Gasteiger partial charge on any atom is 0.221 e. The van der Waals surface area contributed by atoms with Gasteiger partial charge in [0.1, 0.15) is 11.5 Å². The fraction of sp³-hybridized carbons (Fsp3) is 0.467. The summed E-state index contributed by atoms with van der Waals surface area (Å²) in [5.74, 6) is 2.14. The summed E-state index contributed by atoms with van der Waals surface area (Å²) in [7, 11) is 1.90. The summed E-state index contributed by atoms with van der Waals surface area (Å²) in [4.78, 5) is 4.47. The molecule has 2 rings (SSSR count). The first kappa shape index (κ1) is 14.4. The van der Waals surface area contributed by atoms with Gasteiger partial charge in [-0.3, -0.25) is 4.68 Å². The van der Waals surface area contributed by atoms with E-state index in [9.17, 15) is 0 Å². The number of aromatic nitrogens is 3. The minimum Gasteiger partial charge on any atom is -0.435 e. The molecule has 0 saturated heterocycles. The van der Waals surface area contributed by atoms with E-state index in [0.717, 1.165) is 23.0 Å². The van der Waals surface area contributed by atoms with Gasteiger partial charge in [0.15, 0.2) is 5.75 Å². The largest absolute Gasteiger partial charge is 0.435 e. The Kier molecular flexibility index (Phi) is 3.70. The van der Waals surface area contributed by atoms with Crippen LogP contribution in [0, 0.1) is 13.8 Å². The molecule has 5 nitrogen and oxygen atoms in total. The van der Waals surface area contributed by atoms with Crippen LogP contribution in [0.3, 0.4) is 0 Å². The van der Waals surface area contributed by atoms with Crippen LogP contribution in [0.25, 0.3) is 0 Å². The number of ether oxygens (including phenoxy) is 1. The number of nitrogens with zero attached hydrogens (tertiary/aromatic N) is 3. The third-order valence-electron chi connectivity index (χ3n) is 2.88. The number of hydrogen-bond donors (Lipinski definition) is 1. The summed E-state index contributed by atoms with van der Waals surface area (Å²) in [5.41, 5.74) is 1.81. The monoisotopic (exact) mass is 274 g/mol. The molecule has 5 heteroatoms. The molecule has 108 valence electrons. The van der Waals surface area contributed by atoms with Crippen LogP contribution in [0.15, 0.2) is 18.2 Å². The van der Waals surface area contributed by atoms with Gasteiger partial charge in [0.25, 0.3) is 0 Å². The fourth-order valence-electron chi connectivity index (χ4n) is 1.93. The second-order valence-corrected chi connectivity index (χ2v) is 5.96. The van der Waals surface area contributed by atoms with Gasteiger partial charge in [-0.15, -0.1) is 0 Å². The SMILES string of the molecule is Cc1nn(C)c(C)c1Oc1cccc(NC(C)(C)C)n1. The van der Waals surface area contributed by atoms with Crippen LogP contribution in [0.2, 0.25) is 0 Å². The Balaban J connectivity index is 2.24. The molecule has 0 aromatic carbocycles. The molecule has 1 N–H and O–H groups in total. The number of anilines is 1. The Hall–Kier alpha value is -2.04. The first-order valence-electron chi connectivity index (χ1n) is 6.69. The maximum absolute atomic E-state index is 5.88. The van der Waals surface area contributed by atoms with Gasteiger partial charge in [-0.25, -0.2) is 0 Å². The zero-order chi connectivity index (χ0) is 14.9. The van der Waals surface area contributed by atoms with E-state index >= 15 is 0 Å². The lowest BCUT2D eigenvalue weighted by Crippen LogP contribution is -2.26. The third kappa shape index (κ3) is 3.29. The van der Waals surface area contributed by atoms with E-state index in [1.54, 1.807) is 0 Å². The van der Waals surface area contributed by atoms with Crippen molar-refractivity contribution in [3.63, 3.8) is 0 Å². The number of rotatable bonds is 3. The van der Waals surface area contributed by atoms with Crippen molar-refractivity contribution in [2.45, 2.75) is 40.2 Å². The summed E-state index contributed by atoms with van der Waals surface area (Å²) in [5, 5.41) is 7.67. The van der Waals surface area contributed by atoms with E-state index in [1.807, 2.05) is 43.8 Å². The van der Waals surface area contributed by atoms with E-state index in [2.05, 4.69) is 36.2 Å². The Morgan fingerprint density at radius 2 is 1.90 bits per heavy atom. The minimum absolute atomic E-state index is 0.0360. The van der Waals surface area contributed by atoms with E-state index in [0.29, 0.717) is 5.88 Å². The highest BCUT2D eigenvalue weighted by Crippen LogP contribution is 2.27. The number of nitrogens with one attached hydrogen (secondary N) is 1. The molecule has 0 aliphatic rings. The van der Waals surface area contributed by atoms with E-state index in [-0.39, 0.29) is 5.54 Å². The molecule has 0 spiro atoms. The molecular formula is C15H22N4O. The lowest BCUT2D eigenvalue weighted by atomic mass is 10.1. The average molecular weight is 274 g/mol. The van der Waals surface area contributed by atoms with Crippen molar-refractivity contribution in [3.8, 4) is 11.6 Å². The predicted molar refractivity (Wildman–Crippen MR) is 80.4 cm³/mol. The fourth-order valence-corrected chi connectivity index (χ4v) is 1.93. The highest BCUT2D eigenvalue weighted by atomic mass is 16.5. The second kappa shape index (κ2) is 5.15. The number of pyridine rings is 1. The van der Waals surface area contributed by atoms with E-state index in [1.165, 1.54) is 0 Å². The summed E-state index contributed by atoms with van der Waals surface area (Å²) < 4.78 is 7.69. The normalized spacial score (nSPS) is 11.5. The molecule has 0 saturated carbocycles. The summed E-state index contributed by atoms with van der Waals surface area (Å²) in [6.07, 6.45) is 0. The molecule has 0 radical (unpaired) electrons. The molecule has 0 unspecified atom stereocenters. The van der Waals surface area contributed by atoms with Gasteiger partial charge < -0.3 is 10.1 Å². The first-order chi connectivity index (χ1) is 9.26. The smallest absolute Gasteiger partial charge is 0.221 e. The molecule has 2 aromatic heterocycles. The van der Waals surface area contributed by atoms with Gasteiger partial charge >= 0.3 is 0 Å². The van der Waals surface area contributed by atoms with Crippen molar-refractivity contribution < 1.29 is 4.74 Å². The summed E-state index contributed by atoms with van der Waals surface area (Å²) in [6, 6.07) is 5.71. The van der Waals surface area contributed by atoms with Crippen LogP contribution in [0.1, 0.15) is 32.2 Å². The highest BCUT2D eigenvalue weighted by molar-refractivity contribution is 5.41. The van der Waals surface area contributed by atoms with Gasteiger partial charge in [0.05, 0.1) is 5.69 Å². The van der Waals surface area contributed by atoms with Crippen molar-refractivity contribution in [2.75, 3.05) is 5.32 Å². The van der Waals surface area contributed by atoms with Crippen molar-refractivity contribution in [1.29, 1.82) is 0 Å². The molecule has 0 aliphatic heterocycles. The Morgan fingerprint density at radius 1 is 1.20 bits per heavy atom. The molecule has 0 fully saturated rings. The van der Waals surface area contributed by atoms with Gasteiger partial charge in [-0.2, -0.15) is 10.1 Å². The van der Waals surface area contributed by atoms with Crippen molar-refractivity contribution >= 4 is 5.82 Å². The van der Waals surface area contributed by atoms with Crippen molar-refractivity contribution in [2.24, 2.45) is 7.05 Å². The van der Waals surface area contributed by atoms with Crippen LogP contribution in [0.4, 0.5) is 5.82 Å².